The highest BCUT2D eigenvalue weighted by Gasteiger charge is 2.31. The molecular formula is C15H17N3O2. The number of carboxylic acid groups (broad SMARTS) is 1. The Morgan fingerprint density at radius 2 is 2.15 bits per heavy atom. The zero-order valence-corrected chi connectivity index (χ0v) is 11.4. The maximum Gasteiger partial charge on any atom is 0.321 e. The molecule has 0 amide bonds. The van der Waals surface area contributed by atoms with Crippen molar-refractivity contribution in [1.29, 1.82) is 0 Å². The number of aromatic nitrogens is 2. The lowest BCUT2D eigenvalue weighted by Gasteiger charge is -2.34. The number of hydrogen-bond donors (Lipinski definition) is 1. The Kier molecular flexibility index (Phi) is 3.28. The van der Waals surface area contributed by atoms with E-state index in [2.05, 4.69) is 11.1 Å². The van der Waals surface area contributed by atoms with Crippen LogP contribution in [0.5, 0.6) is 0 Å². The summed E-state index contributed by atoms with van der Waals surface area (Å²) in [5.74, 6) is -0.762. The van der Waals surface area contributed by atoms with Crippen molar-refractivity contribution in [1.82, 2.24) is 14.5 Å². The molecule has 0 unspecified atom stereocenters. The van der Waals surface area contributed by atoms with E-state index in [1.165, 1.54) is 5.56 Å². The van der Waals surface area contributed by atoms with E-state index in [0.29, 0.717) is 19.5 Å². The van der Waals surface area contributed by atoms with E-state index < -0.39 is 12.0 Å². The number of benzene rings is 1. The molecular weight excluding hydrogens is 254 g/mol. The molecule has 3 rings (SSSR count). The molecule has 0 bridgehead atoms. The first kappa shape index (κ1) is 12.9. The Bertz CT molecular complexity index is 636. The number of hydrogen-bond acceptors (Lipinski definition) is 3. The van der Waals surface area contributed by atoms with Crippen LogP contribution in [0, 0.1) is 0 Å². The minimum atomic E-state index is -0.762. The van der Waals surface area contributed by atoms with Crippen LogP contribution < -0.4 is 0 Å². The summed E-state index contributed by atoms with van der Waals surface area (Å²) in [6.45, 7) is 1.26. The van der Waals surface area contributed by atoms with Gasteiger partial charge in [0.05, 0.1) is 12.0 Å². The summed E-state index contributed by atoms with van der Waals surface area (Å²) < 4.78 is 1.93. The van der Waals surface area contributed by atoms with Crippen molar-refractivity contribution in [3.63, 3.8) is 0 Å². The van der Waals surface area contributed by atoms with Gasteiger partial charge in [-0.1, -0.05) is 24.3 Å². The van der Waals surface area contributed by atoms with Gasteiger partial charge in [-0.05, 0) is 17.5 Å². The fourth-order valence-electron chi connectivity index (χ4n) is 2.73. The maximum absolute atomic E-state index is 11.5. The summed E-state index contributed by atoms with van der Waals surface area (Å²) in [5, 5.41) is 9.47. The van der Waals surface area contributed by atoms with Crippen molar-refractivity contribution in [2.24, 2.45) is 7.05 Å². The van der Waals surface area contributed by atoms with Gasteiger partial charge in [-0.15, -0.1) is 0 Å². The summed E-state index contributed by atoms with van der Waals surface area (Å²) >= 11 is 0. The van der Waals surface area contributed by atoms with E-state index in [0.717, 1.165) is 11.3 Å². The Labute approximate surface area is 117 Å². The largest absolute Gasteiger partial charge is 0.480 e. The summed E-state index contributed by atoms with van der Waals surface area (Å²) in [6, 6.07) is 7.59. The molecule has 2 heterocycles. The number of carboxylic acids is 1. The van der Waals surface area contributed by atoms with Gasteiger partial charge in [0.25, 0.3) is 0 Å². The van der Waals surface area contributed by atoms with Crippen LogP contribution in [0.25, 0.3) is 0 Å². The van der Waals surface area contributed by atoms with Crippen molar-refractivity contribution in [2.45, 2.75) is 25.6 Å². The number of nitrogens with zero attached hydrogens (tertiary/aromatic N) is 3. The molecule has 0 radical (unpaired) electrons. The van der Waals surface area contributed by atoms with Gasteiger partial charge in [-0.3, -0.25) is 9.69 Å². The SMILES string of the molecule is Cn1cncc1CN1Cc2ccccc2C[C@H]1C(=O)O. The van der Waals surface area contributed by atoms with Gasteiger partial charge in [0, 0.05) is 26.3 Å². The van der Waals surface area contributed by atoms with Gasteiger partial charge in [-0.25, -0.2) is 4.98 Å². The van der Waals surface area contributed by atoms with Gasteiger partial charge in [0.2, 0.25) is 0 Å². The van der Waals surface area contributed by atoms with Crippen LogP contribution in [0.2, 0.25) is 0 Å². The number of aryl methyl sites for hydroxylation is 1. The lowest BCUT2D eigenvalue weighted by Crippen LogP contribution is -2.45. The molecule has 1 aliphatic rings. The van der Waals surface area contributed by atoms with Crippen LogP contribution in [-0.4, -0.2) is 31.6 Å². The molecule has 104 valence electrons. The molecule has 5 heteroatoms. The summed E-state index contributed by atoms with van der Waals surface area (Å²) in [4.78, 5) is 17.6. The fourth-order valence-corrected chi connectivity index (χ4v) is 2.73. The predicted octanol–water partition coefficient (Wildman–Crippen LogP) is 1.43. The van der Waals surface area contributed by atoms with E-state index >= 15 is 0 Å². The number of rotatable bonds is 3. The minimum absolute atomic E-state index is 0.472. The third-order valence-corrected chi connectivity index (χ3v) is 3.91. The van der Waals surface area contributed by atoms with Gasteiger partial charge in [0.15, 0.2) is 0 Å². The van der Waals surface area contributed by atoms with Crippen LogP contribution in [-0.2, 0) is 31.4 Å². The molecule has 1 N–H and O–H groups in total. The normalized spacial score (nSPS) is 18.8. The van der Waals surface area contributed by atoms with Crippen LogP contribution in [0.1, 0.15) is 16.8 Å². The molecule has 0 spiro atoms. The van der Waals surface area contributed by atoms with Gasteiger partial charge >= 0.3 is 5.97 Å². The Balaban J connectivity index is 1.89. The van der Waals surface area contributed by atoms with E-state index in [4.69, 9.17) is 0 Å². The van der Waals surface area contributed by atoms with E-state index in [-0.39, 0.29) is 0 Å². The summed E-state index contributed by atoms with van der Waals surface area (Å²) in [7, 11) is 1.93. The zero-order chi connectivity index (χ0) is 14.1. The second-order valence-electron chi connectivity index (χ2n) is 5.23. The first-order valence-corrected chi connectivity index (χ1v) is 6.64. The van der Waals surface area contributed by atoms with Crippen molar-refractivity contribution in [3.05, 3.63) is 53.6 Å². The lowest BCUT2D eigenvalue weighted by molar-refractivity contribution is -0.144. The highest BCUT2D eigenvalue weighted by atomic mass is 16.4. The van der Waals surface area contributed by atoms with E-state index in [1.54, 1.807) is 12.5 Å². The van der Waals surface area contributed by atoms with Crippen LogP contribution in [0.3, 0.4) is 0 Å². The van der Waals surface area contributed by atoms with Crippen molar-refractivity contribution in [3.8, 4) is 0 Å². The molecule has 0 saturated heterocycles. The summed E-state index contributed by atoms with van der Waals surface area (Å²) in [5.41, 5.74) is 3.38. The van der Waals surface area contributed by atoms with Gasteiger partial charge in [0.1, 0.15) is 6.04 Å². The molecule has 1 aromatic heterocycles. The van der Waals surface area contributed by atoms with Crippen LogP contribution in [0.4, 0.5) is 0 Å². The molecule has 5 nitrogen and oxygen atoms in total. The number of aliphatic carboxylic acids is 1. The molecule has 1 aromatic carbocycles. The highest BCUT2D eigenvalue weighted by molar-refractivity contribution is 5.74. The van der Waals surface area contributed by atoms with Gasteiger partial charge in [-0.2, -0.15) is 0 Å². The number of fused-ring (bicyclic) bond motifs is 1. The van der Waals surface area contributed by atoms with Crippen molar-refractivity contribution in [2.75, 3.05) is 0 Å². The van der Waals surface area contributed by atoms with E-state index in [9.17, 15) is 9.90 Å². The quantitative estimate of drug-likeness (QED) is 0.917. The summed E-state index contributed by atoms with van der Waals surface area (Å²) in [6.07, 6.45) is 4.09. The second kappa shape index (κ2) is 5.09. The molecule has 1 aliphatic heterocycles. The van der Waals surface area contributed by atoms with Crippen LogP contribution >= 0.6 is 0 Å². The maximum atomic E-state index is 11.5. The molecule has 20 heavy (non-hydrogen) atoms. The second-order valence-corrected chi connectivity index (χ2v) is 5.23. The standard InChI is InChI=1S/C15H17N3O2/c1-17-10-16-7-13(17)9-18-8-12-5-3-2-4-11(12)6-14(18)15(19)20/h2-5,7,10,14H,6,8-9H2,1H3,(H,19,20)/t14-/m0/s1. The third kappa shape index (κ3) is 2.32. The van der Waals surface area contributed by atoms with Crippen LogP contribution in [0.15, 0.2) is 36.8 Å². The molecule has 0 saturated carbocycles. The lowest BCUT2D eigenvalue weighted by atomic mass is 9.94. The minimum Gasteiger partial charge on any atom is -0.480 e. The average molecular weight is 271 g/mol. The molecule has 0 aliphatic carbocycles. The fraction of sp³-hybridized carbons (Fsp3) is 0.333. The first-order chi connectivity index (χ1) is 9.65. The molecule has 2 aromatic rings. The predicted molar refractivity (Wildman–Crippen MR) is 74.0 cm³/mol. The first-order valence-electron chi connectivity index (χ1n) is 6.64. The number of carbonyl (C=O) groups is 1. The van der Waals surface area contributed by atoms with Crippen molar-refractivity contribution >= 4 is 5.97 Å². The monoisotopic (exact) mass is 271 g/mol. The molecule has 0 fully saturated rings. The Morgan fingerprint density at radius 1 is 1.40 bits per heavy atom. The number of imidazole rings is 1. The average Bonchev–Trinajstić information content (AvgIpc) is 2.83. The molecule has 1 atom stereocenters. The Morgan fingerprint density at radius 3 is 2.80 bits per heavy atom. The topological polar surface area (TPSA) is 58.4 Å². The highest BCUT2D eigenvalue weighted by Crippen LogP contribution is 2.24. The van der Waals surface area contributed by atoms with Crippen molar-refractivity contribution < 1.29 is 9.90 Å². The smallest absolute Gasteiger partial charge is 0.321 e. The van der Waals surface area contributed by atoms with Gasteiger partial charge < -0.3 is 9.67 Å². The Hall–Kier alpha value is -2.14. The van der Waals surface area contributed by atoms with E-state index in [1.807, 2.05) is 34.7 Å². The third-order valence-electron chi connectivity index (χ3n) is 3.91. The zero-order valence-electron chi connectivity index (χ0n) is 11.4.